The molecule has 116 valence electrons. The standard InChI is InChI=1S/C16H14N4O3/c1-9-3-4-13(21)12(7-9)18-19-15-10(2)17-14-8-11(16(22)23)5-6-20(14)15/h3-8,21H,1-2H3,(H,22,23). The smallest absolute Gasteiger partial charge is 0.335 e. The lowest BCUT2D eigenvalue weighted by atomic mass is 10.2. The molecule has 1 aromatic carbocycles. The number of aryl methyl sites for hydroxylation is 2. The predicted molar refractivity (Wildman–Crippen MR) is 83.9 cm³/mol. The van der Waals surface area contributed by atoms with E-state index < -0.39 is 5.97 Å². The van der Waals surface area contributed by atoms with Crippen LogP contribution in [-0.4, -0.2) is 25.6 Å². The molecule has 23 heavy (non-hydrogen) atoms. The SMILES string of the molecule is Cc1ccc(O)c(N=Nc2c(C)nc3cc(C(=O)O)ccn23)c1. The molecule has 0 atom stereocenters. The van der Waals surface area contributed by atoms with Gasteiger partial charge in [-0.15, -0.1) is 10.2 Å². The zero-order valence-corrected chi connectivity index (χ0v) is 12.6. The van der Waals surface area contributed by atoms with Crippen molar-refractivity contribution in [1.82, 2.24) is 9.38 Å². The van der Waals surface area contributed by atoms with Gasteiger partial charge in [0.05, 0.1) is 11.3 Å². The van der Waals surface area contributed by atoms with Crippen LogP contribution in [0.15, 0.2) is 46.8 Å². The molecule has 0 unspecified atom stereocenters. The zero-order valence-electron chi connectivity index (χ0n) is 12.6. The Morgan fingerprint density at radius 2 is 1.96 bits per heavy atom. The predicted octanol–water partition coefficient (Wildman–Crippen LogP) is 3.77. The summed E-state index contributed by atoms with van der Waals surface area (Å²) in [5.74, 6) is -0.488. The highest BCUT2D eigenvalue weighted by atomic mass is 16.4. The molecule has 0 saturated carbocycles. The molecule has 0 spiro atoms. The first-order valence-electron chi connectivity index (χ1n) is 6.89. The van der Waals surface area contributed by atoms with Gasteiger partial charge in [0.15, 0.2) is 5.82 Å². The van der Waals surface area contributed by atoms with E-state index in [1.165, 1.54) is 12.1 Å². The molecule has 2 N–H and O–H groups in total. The van der Waals surface area contributed by atoms with Crippen LogP contribution in [0.4, 0.5) is 11.5 Å². The molecule has 0 fully saturated rings. The van der Waals surface area contributed by atoms with Crippen molar-refractivity contribution in [2.24, 2.45) is 10.2 Å². The van der Waals surface area contributed by atoms with Crippen LogP contribution in [0, 0.1) is 13.8 Å². The van der Waals surface area contributed by atoms with E-state index in [0.29, 0.717) is 22.8 Å². The van der Waals surface area contributed by atoms with Crippen LogP contribution < -0.4 is 0 Å². The van der Waals surface area contributed by atoms with Crippen LogP contribution in [0.3, 0.4) is 0 Å². The number of imidazole rings is 1. The van der Waals surface area contributed by atoms with Crippen LogP contribution in [-0.2, 0) is 0 Å². The minimum absolute atomic E-state index is 0.0407. The largest absolute Gasteiger partial charge is 0.506 e. The summed E-state index contributed by atoms with van der Waals surface area (Å²) in [6.45, 7) is 3.66. The molecule has 0 bridgehead atoms. The minimum Gasteiger partial charge on any atom is -0.506 e. The average Bonchev–Trinajstić information content (AvgIpc) is 2.82. The fourth-order valence-electron chi connectivity index (χ4n) is 2.22. The average molecular weight is 310 g/mol. The van der Waals surface area contributed by atoms with Crippen molar-refractivity contribution in [3.63, 3.8) is 0 Å². The van der Waals surface area contributed by atoms with E-state index in [0.717, 1.165) is 5.56 Å². The summed E-state index contributed by atoms with van der Waals surface area (Å²) in [5, 5.41) is 27.1. The normalized spacial score (nSPS) is 11.4. The Kier molecular flexibility index (Phi) is 3.53. The maximum atomic E-state index is 11.0. The van der Waals surface area contributed by atoms with E-state index in [1.807, 2.05) is 6.92 Å². The molecular weight excluding hydrogens is 296 g/mol. The number of azo groups is 1. The van der Waals surface area contributed by atoms with Crippen LogP contribution in [0.5, 0.6) is 5.75 Å². The zero-order chi connectivity index (χ0) is 16.6. The van der Waals surface area contributed by atoms with E-state index in [1.54, 1.807) is 35.7 Å². The third-order valence-electron chi connectivity index (χ3n) is 3.40. The number of carboxylic acids is 1. The van der Waals surface area contributed by atoms with Crippen molar-refractivity contribution in [3.05, 3.63) is 53.3 Å². The molecule has 3 aromatic rings. The summed E-state index contributed by atoms with van der Waals surface area (Å²) in [5.41, 5.74) is 2.56. The Morgan fingerprint density at radius 3 is 2.70 bits per heavy atom. The molecule has 0 amide bonds. The fourth-order valence-corrected chi connectivity index (χ4v) is 2.22. The van der Waals surface area contributed by atoms with Gasteiger partial charge in [-0.25, -0.2) is 9.78 Å². The first-order valence-corrected chi connectivity index (χ1v) is 6.89. The second-order valence-electron chi connectivity index (χ2n) is 5.16. The summed E-state index contributed by atoms with van der Waals surface area (Å²) in [7, 11) is 0. The lowest BCUT2D eigenvalue weighted by Crippen LogP contribution is -1.97. The molecule has 7 nitrogen and oxygen atoms in total. The van der Waals surface area contributed by atoms with Gasteiger partial charge in [-0.1, -0.05) is 6.07 Å². The highest BCUT2D eigenvalue weighted by Crippen LogP contribution is 2.30. The Morgan fingerprint density at radius 1 is 1.17 bits per heavy atom. The van der Waals surface area contributed by atoms with Crippen molar-refractivity contribution in [2.75, 3.05) is 0 Å². The van der Waals surface area contributed by atoms with Crippen LogP contribution in [0.2, 0.25) is 0 Å². The molecule has 7 heteroatoms. The van der Waals surface area contributed by atoms with Gasteiger partial charge in [0.2, 0.25) is 0 Å². The maximum absolute atomic E-state index is 11.0. The summed E-state index contributed by atoms with van der Waals surface area (Å²) in [4.78, 5) is 15.3. The monoisotopic (exact) mass is 310 g/mol. The number of carboxylic acid groups (broad SMARTS) is 1. The topological polar surface area (TPSA) is 99.5 Å². The number of carbonyl (C=O) groups is 1. The number of fused-ring (bicyclic) bond motifs is 1. The third-order valence-corrected chi connectivity index (χ3v) is 3.40. The van der Waals surface area contributed by atoms with Gasteiger partial charge in [-0.3, -0.25) is 4.40 Å². The number of aromatic hydroxyl groups is 1. The van der Waals surface area contributed by atoms with Gasteiger partial charge in [0.25, 0.3) is 0 Å². The number of phenolic OH excluding ortho intramolecular Hbond substituents is 1. The van der Waals surface area contributed by atoms with Crippen molar-refractivity contribution >= 4 is 23.1 Å². The minimum atomic E-state index is -1.01. The highest BCUT2D eigenvalue weighted by molar-refractivity contribution is 5.88. The number of benzene rings is 1. The van der Waals surface area contributed by atoms with E-state index in [9.17, 15) is 9.90 Å². The van der Waals surface area contributed by atoms with E-state index in [2.05, 4.69) is 15.2 Å². The van der Waals surface area contributed by atoms with Crippen molar-refractivity contribution in [3.8, 4) is 5.75 Å². The number of nitrogens with zero attached hydrogens (tertiary/aromatic N) is 4. The molecule has 0 aliphatic carbocycles. The van der Waals surface area contributed by atoms with Gasteiger partial charge in [-0.05, 0) is 43.7 Å². The number of rotatable bonds is 3. The molecule has 3 rings (SSSR count). The first-order chi connectivity index (χ1) is 11.0. The molecule has 0 aliphatic rings. The Bertz CT molecular complexity index is 944. The molecule has 0 radical (unpaired) electrons. The molecule has 0 saturated heterocycles. The summed E-state index contributed by atoms with van der Waals surface area (Å²) in [6.07, 6.45) is 1.59. The summed E-state index contributed by atoms with van der Waals surface area (Å²) in [6, 6.07) is 8.00. The van der Waals surface area contributed by atoms with Gasteiger partial charge in [0.1, 0.15) is 17.1 Å². The number of pyridine rings is 1. The van der Waals surface area contributed by atoms with Crippen LogP contribution >= 0.6 is 0 Å². The van der Waals surface area contributed by atoms with Crippen molar-refractivity contribution < 1.29 is 15.0 Å². The quantitative estimate of drug-likeness (QED) is 0.719. The fraction of sp³-hybridized carbons (Fsp3) is 0.125. The number of aromatic nitrogens is 2. The summed E-state index contributed by atoms with van der Waals surface area (Å²) < 4.78 is 1.65. The van der Waals surface area contributed by atoms with E-state index in [4.69, 9.17) is 5.11 Å². The molecular formula is C16H14N4O3. The number of aromatic carboxylic acids is 1. The van der Waals surface area contributed by atoms with E-state index >= 15 is 0 Å². The number of phenols is 1. The summed E-state index contributed by atoms with van der Waals surface area (Å²) >= 11 is 0. The molecule has 2 aromatic heterocycles. The molecule has 2 heterocycles. The highest BCUT2D eigenvalue weighted by Gasteiger charge is 2.11. The lowest BCUT2D eigenvalue weighted by Gasteiger charge is -2.00. The first kappa shape index (κ1) is 14.7. The second kappa shape index (κ2) is 5.53. The Balaban J connectivity index is 2.06. The number of hydrogen-bond donors (Lipinski definition) is 2. The Hall–Kier alpha value is -3.22. The van der Waals surface area contributed by atoms with Gasteiger partial charge in [0, 0.05) is 6.20 Å². The van der Waals surface area contributed by atoms with Crippen LogP contribution in [0.25, 0.3) is 5.65 Å². The maximum Gasteiger partial charge on any atom is 0.335 e. The van der Waals surface area contributed by atoms with Crippen LogP contribution in [0.1, 0.15) is 21.6 Å². The van der Waals surface area contributed by atoms with Crippen molar-refractivity contribution in [2.45, 2.75) is 13.8 Å². The third kappa shape index (κ3) is 2.76. The second-order valence-corrected chi connectivity index (χ2v) is 5.16. The van der Waals surface area contributed by atoms with Gasteiger partial charge < -0.3 is 10.2 Å². The Labute approximate surface area is 131 Å². The van der Waals surface area contributed by atoms with Gasteiger partial charge >= 0.3 is 5.97 Å². The van der Waals surface area contributed by atoms with Crippen molar-refractivity contribution in [1.29, 1.82) is 0 Å². The number of hydrogen-bond acceptors (Lipinski definition) is 5. The van der Waals surface area contributed by atoms with Gasteiger partial charge in [-0.2, -0.15) is 0 Å². The van der Waals surface area contributed by atoms with E-state index in [-0.39, 0.29) is 11.3 Å². The molecule has 0 aliphatic heterocycles. The lowest BCUT2D eigenvalue weighted by molar-refractivity contribution is 0.0697.